The molecular formula is C17H17ClN2O2. The second kappa shape index (κ2) is 6.36. The maximum absolute atomic E-state index is 12.6. The van der Waals surface area contributed by atoms with E-state index in [1.807, 2.05) is 17.0 Å². The number of pyridine rings is 1. The monoisotopic (exact) mass is 316 g/mol. The molecule has 1 aromatic heterocycles. The maximum atomic E-state index is 12.6. The van der Waals surface area contributed by atoms with Crippen LogP contribution in [0.4, 0.5) is 0 Å². The number of aromatic nitrogens is 1. The first kappa shape index (κ1) is 14.9. The van der Waals surface area contributed by atoms with E-state index >= 15 is 0 Å². The normalized spacial score (nSPS) is 17.7. The number of benzene rings is 1. The van der Waals surface area contributed by atoms with Gasteiger partial charge in [-0.25, -0.2) is 0 Å². The predicted octanol–water partition coefficient (Wildman–Crippen LogP) is 3.35. The van der Waals surface area contributed by atoms with E-state index in [0.717, 1.165) is 30.5 Å². The number of carbonyl (C=O) groups excluding carboxylic acids is 1. The van der Waals surface area contributed by atoms with Gasteiger partial charge in [0.15, 0.2) is 0 Å². The largest absolute Gasteiger partial charge is 0.508 e. The van der Waals surface area contributed by atoms with Crippen LogP contribution in [0.2, 0.25) is 5.02 Å². The Labute approximate surface area is 134 Å². The number of carbonyl (C=O) groups is 1. The minimum atomic E-state index is 0.0619. The zero-order chi connectivity index (χ0) is 15.5. The third-order valence-corrected chi connectivity index (χ3v) is 4.39. The minimum absolute atomic E-state index is 0.0619. The number of likely N-dealkylation sites (tertiary alicyclic amines) is 1. The van der Waals surface area contributed by atoms with Crippen LogP contribution >= 0.6 is 11.6 Å². The van der Waals surface area contributed by atoms with Crippen molar-refractivity contribution >= 4 is 17.5 Å². The molecule has 0 spiro atoms. The first-order chi connectivity index (χ1) is 10.6. The van der Waals surface area contributed by atoms with Crippen LogP contribution < -0.4 is 0 Å². The van der Waals surface area contributed by atoms with Gasteiger partial charge in [0.25, 0.3) is 0 Å². The van der Waals surface area contributed by atoms with Crippen LogP contribution in [0.1, 0.15) is 30.0 Å². The first-order valence-corrected chi connectivity index (χ1v) is 7.70. The molecule has 0 bridgehead atoms. The molecular weight excluding hydrogens is 300 g/mol. The van der Waals surface area contributed by atoms with Gasteiger partial charge in [-0.3, -0.25) is 9.78 Å². The van der Waals surface area contributed by atoms with Gasteiger partial charge in [-0.2, -0.15) is 0 Å². The van der Waals surface area contributed by atoms with Crippen molar-refractivity contribution in [3.63, 3.8) is 0 Å². The predicted molar refractivity (Wildman–Crippen MR) is 84.7 cm³/mol. The molecule has 1 fully saturated rings. The maximum Gasteiger partial charge on any atom is 0.227 e. The van der Waals surface area contributed by atoms with Crippen molar-refractivity contribution in [2.24, 2.45) is 0 Å². The topological polar surface area (TPSA) is 53.4 Å². The van der Waals surface area contributed by atoms with Gasteiger partial charge >= 0.3 is 0 Å². The van der Waals surface area contributed by atoms with Gasteiger partial charge in [-0.15, -0.1) is 0 Å². The van der Waals surface area contributed by atoms with E-state index in [1.54, 1.807) is 24.5 Å². The second-order valence-corrected chi connectivity index (χ2v) is 5.89. The molecule has 1 amide bonds. The van der Waals surface area contributed by atoms with Gasteiger partial charge in [-0.05, 0) is 48.2 Å². The molecule has 0 aliphatic carbocycles. The van der Waals surface area contributed by atoms with Crippen molar-refractivity contribution < 1.29 is 9.90 Å². The van der Waals surface area contributed by atoms with Crippen LogP contribution in [-0.2, 0) is 11.2 Å². The third-order valence-electron chi connectivity index (χ3n) is 4.04. The molecule has 1 saturated heterocycles. The highest BCUT2D eigenvalue weighted by Gasteiger charge is 2.29. The number of nitrogens with zero attached hydrogens (tertiary/aromatic N) is 2. The molecule has 1 aromatic carbocycles. The van der Waals surface area contributed by atoms with E-state index in [-0.39, 0.29) is 24.1 Å². The Kier molecular flexibility index (Phi) is 4.29. The minimum Gasteiger partial charge on any atom is -0.508 e. The third kappa shape index (κ3) is 3.07. The Balaban J connectivity index is 1.76. The number of phenolic OH excluding ortho intramolecular Hbond substituents is 1. The summed E-state index contributed by atoms with van der Waals surface area (Å²) in [4.78, 5) is 18.6. The second-order valence-electron chi connectivity index (χ2n) is 5.48. The molecule has 22 heavy (non-hydrogen) atoms. The fourth-order valence-corrected chi connectivity index (χ4v) is 3.18. The molecule has 2 aromatic rings. The summed E-state index contributed by atoms with van der Waals surface area (Å²) in [7, 11) is 0. The summed E-state index contributed by atoms with van der Waals surface area (Å²) in [5, 5.41) is 9.81. The fourth-order valence-electron chi connectivity index (χ4n) is 2.94. The Bertz CT molecular complexity index is 676. The Morgan fingerprint density at radius 2 is 2.09 bits per heavy atom. The molecule has 5 heteroatoms. The summed E-state index contributed by atoms with van der Waals surface area (Å²) in [5.74, 6) is 0.170. The van der Waals surface area contributed by atoms with E-state index in [9.17, 15) is 9.90 Å². The fraction of sp³-hybridized carbons (Fsp3) is 0.294. The lowest BCUT2D eigenvalue weighted by Crippen LogP contribution is -2.31. The molecule has 0 unspecified atom stereocenters. The van der Waals surface area contributed by atoms with E-state index < -0.39 is 0 Å². The highest BCUT2D eigenvalue weighted by atomic mass is 35.5. The molecule has 1 atom stereocenters. The molecule has 1 aliphatic heterocycles. The summed E-state index contributed by atoms with van der Waals surface area (Å²) < 4.78 is 0. The van der Waals surface area contributed by atoms with E-state index in [1.165, 1.54) is 6.07 Å². The first-order valence-electron chi connectivity index (χ1n) is 7.32. The number of phenols is 1. The zero-order valence-corrected chi connectivity index (χ0v) is 12.8. The molecule has 2 heterocycles. The van der Waals surface area contributed by atoms with Gasteiger partial charge in [0.1, 0.15) is 5.75 Å². The molecule has 0 saturated carbocycles. The molecule has 4 nitrogen and oxygen atoms in total. The average molecular weight is 317 g/mol. The molecule has 1 aliphatic rings. The molecule has 3 rings (SSSR count). The van der Waals surface area contributed by atoms with Crippen LogP contribution in [-0.4, -0.2) is 27.4 Å². The van der Waals surface area contributed by atoms with Gasteiger partial charge in [0.2, 0.25) is 5.91 Å². The number of halogens is 1. The number of aromatic hydroxyl groups is 1. The average Bonchev–Trinajstić information content (AvgIpc) is 3.00. The Morgan fingerprint density at radius 1 is 1.32 bits per heavy atom. The lowest BCUT2D eigenvalue weighted by molar-refractivity contribution is -0.131. The SMILES string of the molecule is O=C(Cc1ccc(O)cc1Cl)N1CCC[C@@H]1c1ccncc1. The van der Waals surface area contributed by atoms with Crippen LogP contribution in [0.3, 0.4) is 0 Å². The van der Waals surface area contributed by atoms with E-state index in [2.05, 4.69) is 4.98 Å². The molecule has 0 radical (unpaired) electrons. The van der Waals surface area contributed by atoms with Crippen molar-refractivity contribution in [3.8, 4) is 5.75 Å². The summed E-state index contributed by atoms with van der Waals surface area (Å²) in [6.07, 6.45) is 5.74. The van der Waals surface area contributed by atoms with Crippen molar-refractivity contribution in [3.05, 3.63) is 58.9 Å². The number of amides is 1. The highest BCUT2D eigenvalue weighted by molar-refractivity contribution is 6.31. The number of hydrogen-bond acceptors (Lipinski definition) is 3. The van der Waals surface area contributed by atoms with Crippen LogP contribution in [0, 0.1) is 0 Å². The summed E-state index contributed by atoms with van der Waals surface area (Å²) in [5.41, 5.74) is 1.86. The highest BCUT2D eigenvalue weighted by Crippen LogP contribution is 2.32. The van der Waals surface area contributed by atoms with Crippen molar-refractivity contribution in [1.82, 2.24) is 9.88 Å². The quantitative estimate of drug-likeness (QED) is 0.944. The van der Waals surface area contributed by atoms with Crippen molar-refractivity contribution in [2.75, 3.05) is 6.54 Å². The Hall–Kier alpha value is -2.07. The van der Waals surface area contributed by atoms with E-state index in [0.29, 0.717) is 5.02 Å². The van der Waals surface area contributed by atoms with Crippen LogP contribution in [0.25, 0.3) is 0 Å². The lowest BCUT2D eigenvalue weighted by atomic mass is 10.1. The lowest BCUT2D eigenvalue weighted by Gasteiger charge is -2.25. The van der Waals surface area contributed by atoms with Crippen LogP contribution in [0.15, 0.2) is 42.7 Å². The van der Waals surface area contributed by atoms with Gasteiger partial charge < -0.3 is 10.0 Å². The zero-order valence-electron chi connectivity index (χ0n) is 12.1. The molecule has 114 valence electrons. The molecule has 1 N–H and O–H groups in total. The smallest absolute Gasteiger partial charge is 0.227 e. The van der Waals surface area contributed by atoms with Gasteiger partial charge in [-0.1, -0.05) is 17.7 Å². The van der Waals surface area contributed by atoms with Crippen molar-refractivity contribution in [2.45, 2.75) is 25.3 Å². The van der Waals surface area contributed by atoms with Gasteiger partial charge in [0, 0.05) is 24.0 Å². The van der Waals surface area contributed by atoms with E-state index in [4.69, 9.17) is 11.6 Å². The van der Waals surface area contributed by atoms with Crippen LogP contribution in [0.5, 0.6) is 5.75 Å². The van der Waals surface area contributed by atoms with Gasteiger partial charge in [0.05, 0.1) is 12.5 Å². The number of hydrogen-bond donors (Lipinski definition) is 1. The summed E-state index contributed by atoms with van der Waals surface area (Å²) in [6.45, 7) is 0.765. The number of rotatable bonds is 3. The summed E-state index contributed by atoms with van der Waals surface area (Å²) >= 11 is 6.09. The standard InChI is InChI=1S/C17H17ClN2O2/c18-15-11-14(21)4-3-13(15)10-17(22)20-9-1-2-16(20)12-5-7-19-8-6-12/h3-8,11,16,21H,1-2,9-10H2/t16-/m1/s1. The van der Waals surface area contributed by atoms with Crippen molar-refractivity contribution in [1.29, 1.82) is 0 Å². The Morgan fingerprint density at radius 3 is 2.82 bits per heavy atom. The summed E-state index contributed by atoms with van der Waals surface area (Å²) in [6, 6.07) is 8.76.